The van der Waals surface area contributed by atoms with Crippen LogP contribution in [-0.4, -0.2) is 12.5 Å². The van der Waals surface area contributed by atoms with E-state index in [1.807, 2.05) is 6.92 Å². The topological polar surface area (TPSA) is 41.1 Å². The summed E-state index contributed by atoms with van der Waals surface area (Å²) < 4.78 is 0. The molecule has 0 spiro atoms. The molecule has 0 unspecified atom stereocenters. The van der Waals surface area contributed by atoms with Crippen molar-refractivity contribution >= 4 is 17.3 Å². The van der Waals surface area contributed by atoms with Gasteiger partial charge in [0.25, 0.3) is 0 Å². The van der Waals surface area contributed by atoms with Crippen molar-refractivity contribution in [1.82, 2.24) is 0 Å². The summed E-state index contributed by atoms with van der Waals surface area (Å²) in [5, 5.41) is 6.32. The minimum absolute atomic E-state index is 0.0125. The molecule has 1 amide bonds. The molecule has 23 heavy (non-hydrogen) atoms. The van der Waals surface area contributed by atoms with Gasteiger partial charge >= 0.3 is 0 Å². The van der Waals surface area contributed by atoms with Crippen LogP contribution in [0.5, 0.6) is 0 Å². The molecular weight excluding hydrogens is 284 g/mol. The summed E-state index contributed by atoms with van der Waals surface area (Å²) in [5.41, 5.74) is 6.69. The number of amides is 1. The number of para-hydroxylation sites is 1. The van der Waals surface area contributed by atoms with Gasteiger partial charge in [0.05, 0.1) is 6.54 Å². The van der Waals surface area contributed by atoms with Crippen molar-refractivity contribution in [1.29, 1.82) is 0 Å². The summed E-state index contributed by atoms with van der Waals surface area (Å²) >= 11 is 0. The Morgan fingerprint density at radius 2 is 1.65 bits per heavy atom. The van der Waals surface area contributed by atoms with E-state index in [0.29, 0.717) is 0 Å². The maximum atomic E-state index is 12.3. The summed E-state index contributed by atoms with van der Waals surface area (Å²) in [6, 6.07) is 12.4. The van der Waals surface area contributed by atoms with E-state index in [9.17, 15) is 4.79 Å². The molecule has 0 saturated carbocycles. The molecule has 2 aromatic carbocycles. The van der Waals surface area contributed by atoms with Crippen LogP contribution in [0.4, 0.5) is 11.4 Å². The quantitative estimate of drug-likeness (QED) is 0.826. The van der Waals surface area contributed by atoms with Crippen molar-refractivity contribution in [3.05, 3.63) is 58.7 Å². The molecule has 0 saturated heterocycles. The molecule has 0 aliphatic heterocycles. The van der Waals surface area contributed by atoms with Crippen molar-refractivity contribution in [2.45, 2.75) is 40.5 Å². The van der Waals surface area contributed by atoms with Crippen LogP contribution in [0.25, 0.3) is 0 Å². The highest BCUT2D eigenvalue weighted by Crippen LogP contribution is 2.22. The van der Waals surface area contributed by atoms with E-state index < -0.39 is 0 Å². The van der Waals surface area contributed by atoms with Gasteiger partial charge in [-0.15, -0.1) is 0 Å². The summed E-state index contributed by atoms with van der Waals surface area (Å²) in [6.45, 7) is 8.58. The van der Waals surface area contributed by atoms with E-state index >= 15 is 0 Å². The lowest BCUT2D eigenvalue weighted by Gasteiger charge is -2.15. The molecule has 2 N–H and O–H groups in total. The first-order chi connectivity index (χ1) is 11.0. The van der Waals surface area contributed by atoms with Crippen molar-refractivity contribution in [2.24, 2.45) is 0 Å². The Bertz CT molecular complexity index is 670. The van der Waals surface area contributed by atoms with Gasteiger partial charge in [-0.05, 0) is 55.0 Å². The van der Waals surface area contributed by atoms with Crippen molar-refractivity contribution < 1.29 is 4.79 Å². The lowest BCUT2D eigenvalue weighted by molar-refractivity contribution is -0.114. The minimum atomic E-state index is -0.0125. The van der Waals surface area contributed by atoms with E-state index in [2.05, 4.69) is 67.8 Å². The van der Waals surface area contributed by atoms with Gasteiger partial charge in [0.1, 0.15) is 0 Å². The van der Waals surface area contributed by atoms with E-state index in [1.165, 1.54) is 16.7 Å². The number of rotatable bonds is 6. The second-order valence-corrected chi connectivity index (χ2v) is 5.88. The van der Waals surface area contributed by atoms with Crippen LogP contribution in [-0.2, 0) is 17.6 Å². The summed E-state index contributed by atoms with van der Waals surface area (Å²) in [7, 11) is 0. The first-order valence-corrected chi connectivity index (χ1v) is 8.26. The molecule has 0 fully saturated rings. The first-order valence-electron chi connectivity index (χ1n) is 8.26. The predicted molar refractivity (Wildman–Crippen MR) is 98.2 cm³/mol. The third-order valence-corrected chi connectivity index (χ3v) is 4.10. The van der Waals surface area contributed by atoms with Gasteiger partial charge in [-0.2, -0.15) is 0 Å². The fourth-order valence-electron chi connectivity index (χ4n) is 2.69. The number of anilines is 2. The van der Waals surface area contributed by atoms with Crippen LogP contribution >= 0.6 is 0 Å². The maximum Gasteiger partial charge on any atom is 0.243 e. The maximum absolute atomic E-state index is 12.3. The molecular formula is C20H26N2O. The third kappa shape index (κ3) is 4.35. The number of hydrogen-bond acceptors (Lipinski definition) is 2. The molecule has 2 aromatic rings. The highest BCUT2D eigenvalue weighted by molar-refractivity contribution is 5.95. The molecule has 0 radical (unpaired) electrons. The fraction of sp³-hybridized carbons (Fsp3) is 0.350. The van der Waals surface area contributed by atoms with Gasteiger partial charge < -0.3 is 10.6 Å². The van der Waals surface area contributed by atoms with Gasteiger partial charge in [0.2, 0.25) is 5.91 Å². The van der Waals surface area contributed by atoms with Crippen molar-refractivity contribution in [3.8, 4) is 0 Å². The molecule has 0 bridgehead atoms. The van der Waals surface area contributed by atoms with E-state index in [-0.39, 0.29) is 12.5 Å². The van der Waals surface area contributed by atoms with Crippen LogP contribution in [0.2, 0.25) is 0 Å². The monoisotopic (exact) mass is 310 g/mol. The molecule has 3 nitrogen and oxygen atoms in total. The van der Waals surface area contributed by atoms with Gasteiger partial charge in [-0.3, -0.25) is 4.79 Å². The average Bonchev–Trinajstić information content (AvgIpc) is 2.55. The van der Waals surface area contributed by atoms with Crippen molar-refractivity contribution in [3.63, 3.8) is 0 Å². The SMILES string of the molecule is CCc1cccc(CC)c1NC(=O)CNc1cc(C)ccc1C. The van der Waals surface area contributed by atoms with Gasteiger partial charge in [0.15, 0.2) is 0 Å². The van der Waals surface area contributed by atoms with Crippen molar-refractivity contribution in [2.75, 3.05) is 17.2 Å². The number of hydrogen-bond donors (Lipinski definition) is 2. The zero-order chi connectivity index (χ0) is 16.8. The number of benzene rings is 2. The van der Waals surface area contributed by atoms with Crippen LogP contribution in [0.1, 0.15) is 36.1 Å². The Morgan fingerprint density at radius 3 is 2.26 bits per heavy atom. The van der Waals surface area contributed by atoms with Gasteiger partial charge in [0, 0.05) is 11.4 Å². The molecule has 0 atom stereocenters. The number of aryl methyl sites for hydroxylation is 4. The van der Waals surface area contributed by atoms with Crippen LogP contribution < -0.4 is 10.6 Å². The highest BCUT2D eigenvalue weighted by Gasteiger charge is 2.10. The Morgan fingerprint density at radius 1 is 1.00 bits per heavy atom. The number of carbonyl (C=O) groups is 1. The van der Waals surface area contributed by atoms with Crippen LogP contribution in [0.3, 0.4) is 0 Å². The molecule has 0 aliphatic carbocycles. The standard InChI is InChI=1S/C20H26N2O/c1-5-16-8-7-9-17(6-2)20(16)22-19(23)13-21-18-12-14(3)10-11-15(18)4/h7-12,21H,5-6,13H2,1-4H3,(H,22,23). The summed E-state index contributed by atoms with van der Waals surface area (Å²) in [6.07, 6.45) is 1.82. The third-order valence-electron chi connectivity index (χ3n) is 4.10. The van der Waals surface area contributed by atoms with Gasteiger partial charge in [-0.1, -0.05) is 44.2 Å². The van der Waals surface area contributed by atoms with E-state index in [4.69, 9.17) is 0 Å². The Hall–Kier alpha value is -2.29. The molecule has 3 heteroatoms. The lowest BCUT2D eigenvalue weighted by Crippen LogP contribution is -2.23. The first kappa shape index (κ1) is 17.1. The zero-order valence-corrected chi connectivity index (χ0v) is 14.5. The normalized spacial score (nSPS) is 10.4. The largest absolute Gasteiger partial charge is 0.376 e. The highest BCUT2D eigenvalue weighted by atomic mass is 16.1. The summed E-state index contributed by atoms with van der Waals surface area (Å²) in [5.74, 6) is -0.0125. The molecule has 0 aliphatic rings. The Labute approximate surface area is 139 Å². The second kappa shape index (κ2) is 7.82. The van der Waals surface area contributed by atoms with E-state index in [1.54, 1.807) is 0 Å². The zero-order valence-electron chi connectivity index (χ0n) is 14.5. The lowest BCUT2D eigenvalue weighted by atomic mass is 10.0. The predicted octanol–water partition coefficient (Wildman–Crippen LogP) is 4.48. The smallest absolute Gasteiger partial charge is 0.243 e. The van der Waals surface area contributed by atoms with E-state index in [0.717, 1.165) is 29.8 Å². The molecule has 0 heterocycles. The summed E-state index contributed by atoms with van der Waals surface area (Å²) in [4.78, 5) is 12.3. The average molecular weight is 310 g/mol. The molecule has 2 rings (SSSR count). The fourth-order valence-corrected chi connectivity index (χ4v) is 2.69. The Balaban J connectivity index is 2.07. The van der Waals surface area contributed by atoms with Crippen LogP contribution in [0.15, 0.2) is 36.4 Å². The van der Waals surface area contributed by atoms with Crippen LogP contribution in [0, 0.1) is 13.8 Å². The Kier molecular flexibility index (Phi) is 5.80. The molecule has 122 valence electrons. The van der Waals surface area contributed by atoms with Gasteiger partial charge in [-0.25, -0.2) is 0 Å². The number of nitrogens with one attached hydrogen (secondary N) is 2. The molecule has 0 aromatic heterocycles. The second-order valence-electron chi connectivity index (χ2n) is 5.88. The number of carbonyl (C=O) groups excluding carboxylic acids is 1. The minimum Gasteiger partial charge on any atom is -0.376 e.